The molecule has 7 heteroatoms. The molecule has 0 radical (unpaired) electrons. The number of carbonyl (C=O) groups excluding carboxylic acids is 2. The van der Waals surface area contributed by atoms with E-state index in [9.17, 15) is 9.59 Å². The van der Waals surface area contributed by atoms with Crippen molar-refractivity contribution in [3.63, 3.8) is 0 Å². The van der Waals surface area contributed by atoms with Gasteiger partial charge in [0.2, 0.25) is 5.91 Å². The van der Waals surface area contributed by atoms with Crippen molar-refractivity contribution in [2.24, 2.45) is 0 Å². The van der Waals surface area contributed by atoms with Crippen molar-refractivity contribution in [3.8, 4) is 11.3 Å². The number of aromatic nitrogens is 2. The topological polar surface area (TPSA) is 81.2 Å². The maximum absolute atomic E-state index is 12.5. The third-order valence-corrected chi connectivity index (χ3v) is 5.19. The van der Waals surface area contributed by atoms with E-state index in [-0.39, 0.29) is 11.7 Å². The number of nitrogens with one attached hydrogen (secondary N) is 1. The SMILES string of the molecule is COC(=O)[C@H](Cc1ccccc1)NC(=O)CSc1nc(C)cc(-c2ccccc2)n1. The molecule has 1 aromatic heterocycles. The highest BCUT2D eigenvalue weighted by Gasteiger charge is 2.22. The third-order valence-electron chi connectivity index (χ3n) is 4.34. The standard InChI is InChI=1S/C23H23N3O3S/c1-16-13-19(18-11-7-4-8-12-18)26-23(24-16)30-15-21(27)25-20(22(28)29-2)14-17-9-5-3-6-10-17/h3-13,20H,14-15H2,1-2H3,(H,25,27)/t20-/m0/s1. The van der Waals surface area contributed by atoms with Crippen molar-refractivity contribution in [1.82, 2.24) is 15.3 Å². The molecular weight excluding hydrogens is 398 g/mol. The quantitative estimate of drug-likeness (QED) is 0.341. The van der Waals surface area contributed by atoms with Gasteiger partial charge in [0.05, 0.1) is 18.6 Å². The molecule has 154 valence electrons. The van der Waals surface area contributed by atoms with E-state index in [4.69, 9.17) is 4.74 Å². The highest BCUT2D eigenvalue weighted by Crippen LogP contribution is 2.21. The molecule has 0 unspecified atom stereocenters. The second kappa shape index (κ2) is 10.5. The number of amides is 1. The van der Waals surface area contributed by atoms with Crippen LogP contribution in [0.5, 0.6) is 0 Å². The maximum Gasteiger partial charge on any atom is 0.328 e. The van der Waals surface area contributed by atoms with Crippen LogP contribution in [0.2, 0.25) is 0 Å². The number of hydrogen-bond acceptors (Lipinski definition) is 6. The van der Waals surface area contributed by atoms with Crippen LogP contribution in [-0.2, 0) is 20.7 Å². The molecule has 0 aliphatic heterocycles. The number of hydrogen-bond donors (Lipinski definition) is 1. The van der Waals surface area contributed by atoms with Gasteiger partial charge in [0.25, 0.3) is 0 Å². The lowest BCUT2D eigenvalue weighted by molar-refractivity contribution is -0.144. The zero-order chi connectivity index (χ0) is 21.3. The van der Waals surface area contributed by atoms with E-state index in [0.717, 1.165) is 22.5 Å². The molecule has 0 saturated heterocycles. The van der Waals surface area contributed by atoms with Crippen LogP contribution in [0.3, 0.4) is 0 Å². The fourth-order valence-corrected chi connectivity index (χ4v) is 3.63. The van der Waals surface area contributed by atoms with Crippen LogP contribution < -0.4 is 5.32 Å². The van der Waals surface area contributed by atoms with Crippen LogP contribution in [0.25, 0.3) is 11.3 Å². The van der Waals surface area contributed by atoms with Crippen molar-refractivity contribution in [1.29, 1.82) is 0 Å². The molecular formula is C23H23N3O3S. The van der Waals surface area contributed by atoms with Crippen LogP contribution in [0.1, 0.15) is 11.3 Å². The summed E-state index contributed by atoms with van der Waals surface area (Å²) in [5, 5.41) is 3.27. The Hall–Kier alpha value is -3.19. The Morgan fingerprint density at radius 2 is 1.70 bits per heavy atom. The van der Waals surface area contributed by atoms with Crippen LogP contribution >= 0.6 is 11.8 Å². The van der Waals surface area contributed by atoms with Gasteiger partial charge >= 0.3 is 5.97 Å². The lowest BCUT2D eigenvalue weighted by Gasteiger charge is -2.16. The number of esters is 1. The number of rotatable bonds is 8. The van der Waals surface area contributed by atoms with Gasteiger partial charge < -0.3 is 10.1 Å². The van der Waals surface area contributed by atoms with Crippen molar-refractivity contribution in [2.45, 2.75) is 24.5 Å². The van der Waals surface area contributed by atoms with Crippen LogP contribution in [-0.4, -0.2) is 40.7 Å². The van der Waals surface area contributed by atoms with Crippen molar-refractivity contribution < 1.29 is 14.3 Å². The fraction of sp³-hybridized carbons (Fsp3) is 0.217. The highest BCUT2D eigenvalue weighted by atomic mass is 32.2. The molecule has 6 nitrogen and oxygen atoms in total. The second-order valence-corrected chi connectivity index (χ2v) is 7.61. The van der Waals surface area contributed by atoms with Crippen molar-refractivity contribution in [3.05, 3.63) is 78.0 Å². The molecule has 0 saturated carbocycles. The Labute approximate surface area is 180 Å². The molecule has 1 amide bonds. The lowest BCUT2D eigenvalue weighted by atomic mass is 10.1. The van der Waals surface area contributed by atoms with Gasteiger partial charge in [-0.1, -0.05) is 72.4 Å². The number of nitrogens with zero attached hydrogens (tertiary/aromatic N) is 2. The first-order valence-electron chi connectivity index (χ1n) is 9.50. The van der Waals surface area contributed by atoms with E-state index in [0.29, 0.717) is 11.6 Å². The minimum atomic E-state index is -0.746. The number of methoxy groups -OCH3 is 1. The zero-order valence-corrected chi connectivity index (χ0v) is 17.7. The number of benzene rings is 2. The smallest absolute Gasteiger partial charge is 0.328 e. The molecule has 1 N–H and O–H groups in total. The molecule has 0 spiro atoms. The van der Waals surface area contributed by atoms with E-state index in [1.165, 1.54) is 18.9 Å². The molecule has 3 aromatic rings. The van der Waals surface area contributed by atoms with Gasteiger partial charge in [0.15, 0.2) is 5.16 Å². The zero-order valence-electron chi connectivity index (χ0n) is 16.9. The van der Waals surface area contributed by atoms with Crippen LogP contribution in [0, 0.1) is 6.92 Å². The molecule has 2 aromatic carbocycles. The highest BCUT2D eigenvalue weighted by molar-refractivity contribution is 7.99. The Morgan fingerprint density at radius 1 is 1.03 bits per heavy atom. The minimum Gasteiger partial charge on any atom is -0.467 e. The van der Waals surface area contributed by atoms with E-state index < -0.39 is 12.0 Å². The molecule has 0 bridgehead atoms. The minimum absolute atomic E-state index is 0.0972. The predicted octanol–water partition coefficient (Wildman–Crippen LogP) is 3.44. The first-order valence-corrected chi connectivity index (χ1v) is 10.5. The summed E-state index contributed by atoms with van der Waals surface area (Å²) in [6.07, 6.45) is 0.364. The van der Waals surface area contributed by atoms with Gasteiger partial charge in [0.1, 0.15) is 6.04 Å². The summed E-state index contributed by atoms with van der Waals surface area (Å²) < 4.78 is 4.84. The van der Waals surface area contributed by atoms with E-state index in [1.54, 1.807) is 0 Å². The summed E-state index contributed by atoms with van der Waals surface area (Å²) in [5.74, 6) is -0.659. The Morgan fingerprint density at radius 3 is 2.37 bits per heavy atom. The summed E-state index contributed by atoms with van der Waals surface area (Å²) in [6, 6.07) is 20.5. The summed E-state index contributed by atoms with van der Waals surface area (Å²) in [5.41, 5.74) is 3.56. The Kier molecular flexibility index (Phi) is 7.57. The summed E-state index contributed by atoms with van der Waals surface area (Å²) in [4.78, 5) is 33.5. The fourth-order valence-electron chi connectivity index (χ4n) is 2.91. The monoisotopic (exact) mass is 421 g/mol. The van der Waals surface area contributed by atoms with Gasteiger partial charge in [-0.2, -0.15) is 0 Å². The number of aryl methyl sites for hydroxylation is 1. The largest absolute Gasteiger partial charge is 0.467 e. The van der Waals surface area contributed by atoms with E-state index in [1.807, 2.05) is 73.7 Å². The average Bonchev–Trinajstić information content (AvgIpc) is 2.77. The molecule has 0 fully saturated rings. The Balaban J connectivity index is 1.64. The van der Waals surface area contributed by atoms with Crippen LogP contribution in [0.4, 0.5) is 0 Å². The molecule has 1 heterocycles. The van der Waals surface area contributed by atoms with Crippen molar-refractivity contribution >= 4 is 23.6 Å². The van der Waals surface area contributed by atoms with E-state index >= 15 is 0 Å². The molecule has 1 atom stereocenters. The van der Waals surface area contributed by atoms with Gasteiger partial charge in [-0.3, -0.25) is 4.79 Å². The molecule has 3 rings (SSSR count). The predicted molar refractivity (Wildman–Crippen MR) is 117 cm³/mol. The van der Waals surface area contributed by atoms with Gasteiger partial charge in [-0.05, 0) is 18.6 Å². The van der Waals surface area contributed by atoms with Crippen molar-refractivity contribution in [2.75, 3.05) is 12.9 Å². The summed E-state index contributed by atoms with van der Waals surface area (Å²) in [7, 11) is 1.31. The summed E-state index contributed by atoms with van der Waals surface area (Å²) >= 11 is 1.23. The Bertz CT molecular complexity index is 997. The molecule has 0 aliphatic carbocycles. The maximum atomic E-state index is 12.5. The van der Waals surface area contributed by atoms with Crippen LogP contribution in [0.15, 0.2) is 71.9 Å². The number of ether oxygens (including phenoxy) is 1. The average molecular weight is 422 g/mol. The molecule has 0 aliphatic rings. The first kappa shape index (κ1) is 21.5. The van der Waals surface area contributed by atoms with E-state index in [2.05, 4.69) is 15.3 Å². The van der Waals surface area contributed by atoms with Gasteiger partial charge in [-0.15, -0.1) is 0 Å². The first-order chi connectivity index (χ1) is 14.5. The van der Waals surface area contributed by atoms with Gasteiger partial charge in [0, 0.05) is 17.7 Å². The second-order valence-electron chi connectivity index (χ2n) is 6.66. The van der Waals surface area contributed by atoms with Gasteiger partial charge in [-0.25, -0.2) is 14.8 Å². The number of carbonyl (C=O) groups is 2. The number of thioether (sulfide) groups is 1. The molecule has 30 heavy (non-hydrogen) atoms. The lowest BCUT2D eigenvalue weighted by Crippen LogP contribution is -2.43. The summed E-state index contributed by atoms with van der Waals surface area (Å²) in [6.45, 7) is 1.89. The normalized spacial score (nSPS) is 11.5. The third kappa shape index (κ3) is 6.15.